The first kappa shape index (κ1) is 39.5. The van der Waals surface area contributed by atoms with Crippen molar-refractivity contribution < 1.29 is 14.6 Å². The Kier molecular flexibility index (Phi) is 12.9. The van der Waals surface area contributed by atoms with Crippen LogP contribution in [0.3, 0.4) is 0 Å². The van der Waals surface area contributed by atoms with Gasteiger partial charge < -0.3 is 9.84 Å². The molecule has 6 aromatic rings. The van der Waals surface area contributed by atoms with E-state index in [0.29, 0.717) is 46.8 Å². The van der Waals surface area contributed by atoms with Gasteiger partial charge in [0, 0.05) is 31.2 Å². The summed E-state index contributed by atoms with van der Waals surface area (Å²) in [6, 6.07) is 21.1. The molecule has 7 nitrogen and oxygen atoms in total. The third kappa shape index (κ3) is 8.72. The van der Waals surface area contributed by atoms with Crippen molar-refractivity contribution in [3.63, 3.8) is 0 Å². The van der Waals surface area contributed by atoms with Gasteiger partial charge in [0.25, 0.3) is 5.56 Å². The van der Waals surface area contributed by atoms with E-state index < -0.39 is 10.9 Å². The monoisotopic (exact) mass is 828 g/mol. The molecule has 0 saturated carbocycles. The fourth-order valence-electron chi connectivity index (χ4n) is 5.26. The van der Waals surface area contributed by atoms with Gasteiger partial charge >= 0.3 is 5.30 Å². The van der Waals surface area contributed by atoms with Crippen LogP contribution >= 0.6 is 80.8 Å². The first-order valence-electron chi connectivity index (χ1n) is 15.3. The summed E-state index contributed by atoms with van der Waals surface area (Å²) in [5.74, 6) is -0.294. The first-order chi connectivity index (χ1) is 24.7. The molecule has 0 unspecified atom stereocenters. The van der Waals surface area contributed by atoms with Gasteiger partial charge in [0.15, 0.2) is 0 Å². The third-order valence-electron chi connectivity index (χ3n) is 7.87. The van der Waals surface area contributed by atoms with Crippen molar-refractivity contribution in [2.24, 2.45) is 0 Å². The van der Waals surface area contributed by atoms with Crippen molar-refractivity contribution in [3.05, 3.63) is 135 Å². The van der Waals surface area contributed by atoms with E-state index in [0.717, 1.165) is 62.3 Å². The van der Waals surface area contributed by atoms with E-state index in [2.05, 4.69) is 9.97 Å². The number of thioether (sulfide) groups is 1. The Balaban J connectivity index is 0.000000203. The quantitative estimate of drug-likeness (QED) is 0.171. The molecule has 52 heavy (non-hydrogen) atoms. The lowest BCUT2D eigenvalue weighted by Crippen LogP contribution is -2.14. The van der Waals surface area contributed by atoms with E-state index in [1.54, 1.807) is 66.9 Å². The first-order valence-corrected chi connectivity index (χ1v) is 19.7. The third-order valence-corrected chi connectivity index (χ3v) is 11.5. The Labute approximate surface area is 331 Å². The van der Waals surface area contributed by atoms with Gasteiger partial charge in [0.05, 0.1) is 0 Å². The van der Waals surface area contributed by atoms with Crippen molar-refractivity contribution in [1.82, 2.24) is 9.97 Å². The zero-order valence-corrected chi connectivity index (χ0v) is 33.6. The van der Waals surface area contributed by atoms with Crippen LogP contribution in [0.25, 0.3) is 43.4 Å². The summed E-state index contributed by atoms with van der Waals surface area (Å²) in [7, 11) is 0. The average molecular weight is 831 g/mol. The second-order valence-electron chi connectivity index (χ2n) is 11.3. The van der Waals surface area contributed by atoms with Gasteiger partial charge in [-0.15, -0.1) is 0 Å². The molecular formula is C38H28Cl4N2O5S3. The fraction of sp³-hybridized carbons (Fsp3) is 0.132. The fourth-order valence-corrected chi connectivity index (χ4v) is 7.87. The number of benzene rings is 4. The van der Waals surface area contributed by atoms with E-state index in [4.69, 9.17) is 51.1 Å². The van der Waals surface area contributed by atoms with Crippen LogP contribution in [0.5, 0.6) is 10.9 Å². The molecule has 2 aromatic heterocycles. The number of carbonyl (C=O) groups is 1. The van der Waals surface area contributed by atoms with Crippen molar-refractivity contribution in [2.45, 2.75) is 27.7 Å². The minimum atomic E-state index is -0.512. The highest BCUT2D eigenvalue weighted by atomic mass is 35.5. The number of carbonyl (C=O) groups excluding carboxylic acids is 1. The van der Waals surface area contributed by atoms with Crippen molar-refractivity contribution in [3.8, 4) is 54.3 Å². The van der Waals surface area contributed by atoms with E-state index in [1.807, 2.05) is 39.8 Å². The zero-order valence-electron chi connectivity index (χ0n) is 28.1. The maximum Gasteiger partial charge on any atom is 0.373 e. The highest BCUT2D eigenvalue weighted by Gasteiger charge is 2.23. The van der Waals surface area contributed by atoms with Crippen LogP contribution in [0.1, 0.15) is 22.3 Å². The van der Waals surface area contributed by atoms with E-state index in [9.17, 15) is 19.5 Å². The summed E-state index contributed by atoms with van der Waals surface area (Å²) in [6.45, 7) is 7.38. The number of aromatic hydroxyl groups is 1. The second kappa shape index (κ2) is 16.9. The summed E-state index contributed by atoms with van der Waals surface area (Å²) in [4.78, 5) is 46.1. The SMILES string of the molecule is CSC(=O)Oc1sc(-c2ccc(Cl)cc2)nc(=O)c1-c1c(C)ccc(Cl)c1C.Cc1ccc(Cl)c(C)c1-c1c(O)nc(-c2ccc(Cl)cc2)sc1=O. The van der Waals surface area contributed by atoms with Gasteiger partial charge in [0.2, 0.25) is 15.7 Å². The molecule has 6 rings (SSSR count). The van der Waals surface area contributed by atoms with Crippen molar-refractivity contribution in [2.75, 3.05) is 6.26 Å². The molecule has 0 bridgehead atoms. The summed E-state index contributed by atoms with van der Waals surface area (Å²) in [6.07, 6.45) is 1.61. The van der Waals surface area contributed by atoms with Gasteiger partial charge in [-0.2, -0.15) is 4.98 Å². The number of rotatable bonds is 5. The lowest BCUT2D eigenvalue weighted by Gasteiger charge is -2.14. The number of halogens is 4. The molecule has 0 fully saturated rings. The smallest absolute Gasteiger partial charge is 0.373 e. The summed E-state index contributed by atoms with van der Waals surface area (Å²) in [5, 5.41) is 13.2. The minimum Gasteiger partial charge on any atom is -0.493 e. The van der Waals surface area contributed by atoms with E-state index in [1.165, 1.54) is 0 Å². The molecular weight excluding hydrogens is 802 g/mol. The van der Waals surface area contributed by atoms with Crippen LogP contribution in [0, 0.1) is 27.7 Å². The van der Waals surface area contributed by atoms with Crippen molar-refractivity contribution in [1.29, 1.82) is 0 Å². The van der Waals surface area contributed by atoms with Crippen LogP contribution in [-0.2, 0) is 0 Å². The Morgan fingerprint density at radius 2 is 1.12 bits per heavy atom. The van der Waals surface area contributed by atoms with Crippen LogP contribution in [0.15, 0.2) is 82.4 Å². The van der Waals surface area contributed by atoms with Gasteiger partial charge in [0.1, 0.15) is 21.1 Å². The average Bonchev–Trinajstić information content (AvgIpc) is 3.11. The number of aryl methyl sites for hydroxylation is 2. The van der Waals surface area contributed by atoms with Crippen molar-refractivity contribution >= 4 is 86.1 Å². The Hall–Kier alpha value is -3.74. The van der Waals surface area contributed by atoms with Gasteiger partial charge in [-0.05, 0) is 115 Å². The molecule has 0 saturated heterocycles. The molecule has 14 heteroatoms. The molecule has 0 aliphatic heterocycles. The molecule has 1 N–H and O–H groups in total. The molecule has 0 atom stereocenters. The number of hydrogen-bond acceptors (Lipinski definition) is 10. The minimum absolute atomic E-state index is 0.190. The Morgan fingerprint density at radius 1 is 0.654 bits per heavy atom. The topological polar surface area (TPSA) is 106 Å². The largest absolute Gasteiger partial charge is 0.493 e. The standard InChI is InChI=1S/C20H15Cl2NO3S2.C18H13Cl2NO2S/c1-10-4-9-14(22)11(2)15(10)16-17(24)23-18(12-5-7-13(21)8-6-12)28-19(16)26-20(25)27-3;1-9-3-8-13(20)10(2)14(9)15-16(22)21-17(24-18(15)23)11-4-6-12(19)7-5-11/h4-9H,1-3H3;3-8,22H,1-2H3. The molecule has 0 aliphatic rings. The Morgan fingerprint density at radius 3 is 1.58 bits per heavy atom. The highest BCUT2D eigenvalue weighted by Crippen LogP contribution is 2.41. The number of nitrogens with zero attached hydrogens (tertiary/aromatic N) is 2. The second-order valence-corrected chi connectivity index (χ2v) is 15.6. The number of aromatic nitrogens is 2. The molecule has 0 spiro atoms. The molecule has 0 aliphatic carbocycles. The molecule has 266 valence electrons. The van der Waals surface area contributed by atoms with E-state index >= 15 is 0 Å². The van der Waals surface area contributed by atoms with Gasteiger partial charge in [-0.3, -0.25) is 9.59 Å². The molecule has 2 heterocycles. The van der Waals surface area contributed by atoms with Gasteiger partial charge in [-0.25, -0.2) is 9.78 Å². The Bertz CT molecular complexity index is 2430. The zero-order chi connectivity index (χ0) is 37.9. The molecule has 0 amide bonds. The van der Waals surface area contributed by atoms with Crippen LogP contribution in [0.2, 0.25) is 20.1 Å². The van der Waals surface area contributed by atoms with Crippen LogP contribution in [-0.4, -0.2) is 26.6 Å². The predicted octanol–water partition coefficient (Wildman–Crippen LogP) is 12.1. The predicted molar refractivity (Wildman–Crippen MR) is 219 cm³/mol. The maximum absolute atomic E-state index is 13.0. The lowest BCUT2D eigenvalue weighted by atomic mass is 9.98. The van der Waals surface area contributed by atoms with Crippen LogP contribution < -0.4 is 15.0 Å². The van der Waals surface area contributed by atoms with E-state index in [-0.39, 0.29) is 26.8 Å². The lowest BCUT2D eigenvalue weighted by molar-refractivity contribution is 0.228. The number of ether oxygens (including phenoxy) is 1. The van der Waals surface area contributed by atoms with Gasteiger partial charge in [-0.1, -0.05) is 105 Å². The summed E-state index contributed by atoms with van der Waals surface area (Å²) < 4.78 is 5.24. The number of hydrogen-bond donors (Lipinski definition) is 1. The van der Waals surface area contributed by atoms with Crippen LogP contribution in [0.4, 0.5) is 4.79 Å². The normalized spacial score (nSPS) is 10.8. The highest BCUT2D eigenvalue weighted by molar-refractivity contribution is 8.12. The summed E-state index contributed by atoms with van der Waals surface area (Å²) in [5.41, 5.74) is 5.82. The maximum atomic E-state index is 13.0. The molecule has 0 radical (unpaired) electrons. The molecule has 4 aromatic carbocycles. The summed E-state index contributed by atoms with van der Waals surface area (Å²) >= 11 is 27.3.